The molecule has 0 aromatic heterocycles. The van der Waals surface area contributed by atoms with E-state index in [4.69, 9.17) is 4.74 Å². The molecule has 4 rings (SSSR count). The van der Waals surface area contributed by atoms with Gasteiger partial charge in [0.15, 0.2) is 0 Å². The van der Waals surface area contributed by atoms with Crippen LogP contribution in [0.4, 0.5) is 10.5 Å². The number of hydrogen-bond donors (Lipinski definition) is 1. The smallest absolute Gasteiger partial charge is 0.322 e. The molecule has 2 aliphatic heterocycles. The molecule has 6 nitrogen and oxygen atoms in total. The van der Waals surface area contributed by atoms with E-state index in [1.165, 1.54) is 0 Å². The molecular weight excluding hydrogens is 342 g/mol. The Hall–Kier alpha value is -2.86. The van der Waals surface area contributed by atoms with E-state index >= 15 is 0 Å². The van der Waals surface area contributed by atoms with Crippen molar-refractivity contribution in [2.24, 2.45) is 0 Å². The van der Waals surface area contributed by atoms with E-state index in [9.17, 15) is 9.59 Å². The third-order valence-electron chi connectivity index (χ3n) is 5.32. The molecule has 0 aliphatic carbocycles. The lowest BCUT2D eigenvalue weighted by atomic mass is 10.0. The van der Waals surface area contributed by atoms with E-state index in [1.54, 1.807) is 16.8 Å². The van der Waals surface area contributed by atoms with Gasteiger partial charge < -0.3 is 19.9 Å². The first-order valence-corrected chi connectivity index (χ1v) is 9.21. The molecule has 6 heteroatoms. The third kappa shape index (κ3) is 3.53. The number of carbonyl (C=O) groups excluding carboxylic acids is 2. The number of fused-ring (bicyclic) bond motifs is 1. The van der Waals surface area contributed by atoms with Crippen molar-refractivity contribution in [1.29, 1.82) is 0 Å². The van der Waals surface area contributed by atoms with Crippen LogP contribution in [0.2, 0.25) is 0 Å². The largest absolute Gasteiger partial charge is 0.374 e. The highest BCUT2D eigenvalue weighted by atomic mass is 16.5. The van der Waals surface area contributed by atoms with Gasteiger partial charge in [-0.05, 0) is 11.6 Å². The molecule has 1 N–H and O–H groups in total. The normalized spacial score (nSPS) is 22.3. The van der Waals surface area contributed by atoms with Crippen molar-refractivity contribution in [3.8, 4) is 11.1 Å². The van der Waals surface area contributed by atoms with Crippen molar-refractivity contribution in [3.05, 3.63) is 54.6 Å². The second-order valence-electron chi connectivity index (χ2n) is 6.98. The van der Waals surface area contributed by atoms with E-state index in [0.717, 1.165) is 16.8 Å². The number of benzene rings is 2. The van der Waals surface area contributed by atoms with Gasteiger partial charge in [-0.25, -0.2) is 4.79 Å². The molecule has 2 atom stereocenters. The first-order valence-electron chi connectivity index (χ1n) is 9.21. The number of likely N-dealkylation sites (N-methyl/N-ethyl adjacent to an activating group) is 1. The van der Waals surface area contributed by atoms with Crippen LogP contribution < -0.4 is 5.32 Å². The molecule has 2 aromatic carbocycles. The lowest BCUT2D eigenvalue weighted by molar-refractivity contribution is -0.130. The number of carbonyl (C=O) groups is 2. The monoisotopic (exact) mass is 365 g/mol. The minimum Gasteiger partial charge on any atom is -0.374 e. The van der Waals surface area contributed by atoms with E-state index in [-0.39, 0.29) is 24.1 Å². The van der Waals surface area contributed by atoms with Crippen LogP contribution in [0.1, 0.15) is 6.42 Å². The fourth-order valence-corrected chi connectivity index (χ4v) is 3.77. The number of nitrogens with one attached hydrogen (secondary N) is 1. The van der Waals surface area contributed by atoms with Gasteiger partial charge in [0.25, 0.3) is 0 Å². The zero-order valence-corrected chi connectivity index (χ0v) is 15.3. The molecule has 140 valence electrons. The minimum absolute atomic E-state index is 0.0687. The summed E-state index contributed by atoms with van der Waals surface area (Å²) in [6, 6.07) is 17.5. The Kier molecular flexibility index (Phi) is 4.81. The summed E-state index contributed by atoms with van der Waals surface area (Å²) in [5, 5.41) is 3.03. The van der Waals surface area contributed by atoms with Gasteiger partial charge in [-0.3, -0.25) is 4.79 Å². The zero-order valence-electron chi connectivity index (χ0n) is 15.3. The Morgan fingerprint density at radius 1 is 1.07 bits per heavy atom. The van der Waals surface area contributed by atoms with Gasteiger partial charge in [0, 0.05) is 19.2 Å². The maximum Gasteiger partial charge on any atom is 0.322 e. The third-order valence-corrected chi connectivity index (χ3v) is 5.32. The minimum atomic E-state index is -0.170. The number of amides is 3. The molecule has 27 heavy (non-hydrogen) atoms. The summed E-state index contributed by atoms with van der Waals surface area (Å²) < 4.78 is 5.81. The molecule has 2 saturated heterocycles. The Bertz CT molecular complexity index is 840. The summed E-state index contributed by atoms with van der Waals surface area (Å²) in [4.78, 5) is 28.4. The van der Waals surface area contributed by atoms with Crippen LogP contribution in [0.15, 0.2) is 54.6 Å². The summed E-state index contributed by atoms with van der Waals surface area (Å²) in [7, 11) is 1.79. The predicted molar refractivity (Wildman–Crippen MR) is 103 cm³/mol. The van der Waals surface area contributed by atoms with Gasteiger partial charge in [-0.1, -0.05) is 48.5 Å². The maximum absolute atomic E-state index is 12.9. The second kappa shape index (κ2) is 7.40. The Balaban J connectivity index is 1.50. The summed E-state index contributed by atoms with van der Waals surface area (Å²) in [5.74, 6) is 0.0687. The standard InChI is InChI=1S/C21H23N3O3/c1-23-18-13-24(14-19(18)27-12-11-20(23)25)21(26)22-17-10-6-5-9-16(17)15-7-3-2-4-8-15/h2-10,18-19H,11-14H2,1H3,(H,22,26)/t18-,19-/m0/s1. The number of ether oxygens (including phenoxy) is 1. The van der Waals surface area contributed by atoms with Crippen LogP contribution in [0.25, 0.3) is 11.1 Å². The molecular formula is C21H23N3O3. The van der Waals surface area contributed by atoms with Crippen LogP contribution in [0.5, 0.6) is 0 Å². The number of nitrogens with zero attached hydrogens (tertiary/aromatic N) is 2. The quantitative estimate of drug-likeness (QED) is 0.890. The van der Waals surface area contributed by atoms with Crippen LogP contribution in [-0.2, 0) is 9.53 Å². The van der Waals surface area contributed by atoms with E-state index < -0.39 is 0 Å². The van der Waals surface area contributed by atoms with Gasteiger partial charge in [0.05, 0.1) is 37.4 Å². The maximum atomic E-state index is 12.9. The molecule has 0 saturated carbocycles. The number of rotatable bonds is 2. The number of para-hydroxylation sites is 1. The number of hydrogen-bond acceptors (Lipinski definition) is 3. The summed E-state index contributed by atoms with van der Waals surface area (Å²) in [5.41, 5.74) is 2.79. The average molecular weight is 365 g/mol. The van der Waals surface area contributed by atoms with Gasteiger partial charge in [-0.2, -0.15) is 0 Å². The Labute approximate surface area is 158 Å². The fourth-order valence-electron chi connectivity index (χ4n) is 3.77. The van der Waals surface area contributed by atoms with E-state index in [1.807, 2.05) is 54.6 Å². The molecule has 0 radical (unpaired) electrons. The number of likely N-dealkylation sites (tertiary alicyclic amines) is 1. The molecule has 0 unspecified atom stereocenters. The molecule has 2 heterocycles. The highest BCUT2D eigenvalue weighted by Crippen LogP contribution is 2.29. The summed E-state index contributed by atoms with van der Waals surface area (Å²) in [6.45, 7) is 1.38. The Morgan fingerprint density at radius 2 is 1.81 bits per heavy atom. The number of urea groups is 1. The summed E-state index contributed by atoms with van der Waals surface area (Å²) >= 11 is 0. The van der Waals surface area contributed by atoms with Crippen molar-refractivity contribution >= 4 is 17.6 Å². The van der Waals surface area contributed by atoms with Crippen LogP contribution in [0, 0.1) is 0 Å². The lowest BCUT2D eigenvalue weighted by Crippen LogP contribution is -2.43. The SMILES string of the molecule is CN1C(=O)CCO[C@H]2CN(C(=O)Nc3ccccc3-c3ccccc3)C[C@@H]21. The van der Waals surface area contributed by atoms with E-state index in [0.29, 0.717) is 26.1 Å². The first-order chi connectivity index (χ1) is 13.1. The van der Waals surface area contributed by atoms with Crippen molar-refractivity contribution < 1.29 is 14.3 Å². The zero-order chi connectivity index (χ0) is 18.8. The molecule has 2 aromatic rings. The average Bonchev–Trinajstić information content (AvgIpc) is 3.07. The molecule has 0 spiro atoms. The van der Waals surface area contributed by atoms with Gasteiger partial charge in [-0.15, -0.1) is 0 Å². The fraction of sp³-hybridized carbons (Fsp3) is 0.333. The second-order valence-corrected chi connectivity index (χ2v) is 6.98. The molecule has 3 amide bonds. The Morgan fingerprint density at radius 3 is 2.63 bits per heavy atom. The summed E-state index contributed by atoms with van der Waals surface area (Å²) in [6.07, 6.45) is 0.275. The van der Waals surface area contributed by atoms with Crippen molar-refractivity contribution in [3.63, 3.8) is 0 Å². The molecule has 2 fully saturated rings. The van der Waals surface area contributed by atoms with Crippen LogP contribution in [-0.4, -0.2) is 60.6 Å². The number of anilines is 1. The van der Waals surface area contributed by atoms with Crippen molar-refractivity contribution in [1.82, 2.24) is 9.80 Å². The topological polar surface area (TPSA) is 61.9 Å². The predicted octanol–water partition coefficient (Wildman–Crippen LogP) is 2.82. The highest BCUT2D eigenvalue weighted by molar-refractivity contribution is 5.94. The highest BCUT2D eigenvalue weighted by Gasteiger charge is 2.41. The lowest BCUT2D eigenvalue weighted by Gasteiger charge is -2.25. The van der Waals surface area contributed by atoms with Crippen LogP contribution in [0.3, 0.4) is 0 Å². The van der Waals surface area contributed by atoms with Crippen molar-refractivity contribution in [2.45, 2.75) is 18.6 Å². The molecule has 2 aliphatic rings. The van der Waals surface area contributed by atoms with Gasteiger partial charge >= 0.3 is 6.03 Å². The van der Waals surface area contributed by atoms with Crippen LogP contribution >= 0.6 is 0 Å². The van der Waals surface area contributed by atoms with Crippen molar-refractivity contribution in [2.75, 3.05) is 32.1 Å². The molecule has 0 bridgehead atoms. The first kappa shape index (κ1) is 17.5. The van der Waals surface area contributed by atoms with Gasteiger partial charge in [0.1, 0.15) is 0 Å². The van der Waals surface area contributed by atoms with Gasteiger partial charge in [0.2, 0.25) is 5.91 Å². The van der Waals surface area contributed by atoms with E-state index in [2.05, 4.69) is 5.32 Å².